The molecule has 1 aromatic heterocycles. The van der Waals surface area contributed by atoms with Gasteiger partial charge in [-0.3, -0.25) is 4.79 Å². The number of hydrogen-bond donors (Lipinski definition) is 0. The molecule has 1 amide bonds. The van der Waals surface area contributed by atoms with Crippen molar-refractivity contribution >= 4 is 17.4 Å². The van der Waals surface area contributed by atoms with Crippen molar-refractivity contribution in [3.8, 4) is 6.01 Å². The van der Waals surface area contributed by atoms with E-state index in [1.54, 1.807) is 0 Å². The van der Waals surface area contributed by atoms with Gasteiger partial charge in [0, 0.05) is 48.9 Å². The van der Waals surface area contributed by atoms with Gasteiger partial charge in [-0.1, -0.05) is 18.7 Å². The predicted molar refractivity (Wildman–Crippen MR) is 162 cm³/mol. The summed E-state index contributed by atoms with van der Waals surface area (Å²) in [5, 5.41) is 0. The number of piperazine rings is 1. The van der Waals surface area contributed by atoms with Crippen LogP contribution in [-0.4, -0.2) is 91.2 Å². The minimum absolute atomic E-state index is 0.0794. The second kappa shape index (κ2) is 11.9. The molecular formula is C32H42FN7O2. The lowest BCUT2D eigenvalue weighted by Gasteiger charge is -2.42. The fourth-order valence-corrected chi connectivity index (χ4v) is 6.40. The van der Waals surface area contributed by atoms with Crippen molar-refractivity contribution in [3.05, 3.63) is 64.4 Å². The number of carbonyl (C=O) groups is 1. The Balaban J connectivity index is 1.49. The van der Waals surface area contributed by atoms with E-state index < -0.39 is 17.8 Å². The van der Waals surface area contributed by atoms with Gasteiger partial charge < -0.3 is 29.2 Å². The van der Waals surface area contributed by atoms with Crippen molar-refractivity contribution in [2.24, 2.45) is 5.41 Å². The Bertz CT molecular complexity index is 1400. The Morgan fingerprint density at radius 3 is 2.69 bits per heavy atom. The topological polar surface area (TPSA) is 69.4 Å². The number of rotatable bonds is 9. The van der Waals surface area contributed by atoms with Gasteiger partial charge >= 0.3 is 6.01 Å². The molecule has 9 nitrogen and oxygen atoms in total. The molecule has 2 atom stereocenters. The van der Waals surface area contributed by atoms with Gasteiger partial charge in [0.25, 0.3) is 5.91 Å². The molecule has 3 heterocycles. The maximum absolute atomic E-state index is 13.8. The van der Waals surface area contributed by atoms with Crippen LogP contribution in [0.15, 0.2) is 30.6 Å². The average Bonchev–Trinajstić information content (AvgIpc) is 3.71. The second-order valence-electron chi connectivity index (χ2n) is 12.5. The monoisotopic (exact) mass is 575 g/mol. The van der Waals surface area contributed by atoms with Gasteiger partial charge in [-0.2, -0.15) is 9.97 Å². The predicted octanol–water partition coefficient (Wildman–Crippen LogP) is 4.18. The van der Waals surface area contributed by atoms with Crippen molar-refractivity contribution in [2.75, 3.05) is 63.2 Å². The van der Waals surface area contributed by atoms with Crippen LogP contribution < -0.4 is 14.5 Å². The van der Waals surface area contributed by atoms with Gasteiger partial charge in [-0.05, 0) is 71.3 Å². The van der Waals surface area contributed by atoms with Crippen LogP contribution in [0.4, 0.5) is 15.9 Å². The van der Waals surface area contributed by atoms with Crippen LogP contribution in [0.1, 0.15) is 42.1 Å². The van der Waals surface area contributed by atoms with Crippen molar-refractivity contribution < 1.29 is 13.9 Å². The lowest BCUT2D eigenvalue weighted by atomic mass is 9.96. The van der Waals surface area contributed by atoms with Gasteiger partial charge in [-0.15, -0.1) is 0 Å². The number of benzene rings is 1. The molecule has 0 N–H and O–H groups in total. The van der Waals surface area contributed by atoms with E-state index in [0.717, 1.165) is 42.9 Å². The molecular weight excluding hydrogens is 533 g/mol. The maximum Gasteiger partial charge on any atom is 0.318 e. The van der Waals surface area contributed by atoms with E-state index in [1.165, 1.54) is 21.7 Å². The molecule has 5 rings (SSSR count). The molecule has 1 saturated heterocycles. The molecule has 0 bridgehead atoms. The zero-order valence-corrected chi connectivity index (χ0v) is 25.5. The summed E-state index contributed by atoms with van der Waals surface area (Å²) in [7, 11) is 4.16. The number of ether oxygens (including phenoxy) is 1. The summed E-state index contributed by atoms with van der Waals surface area (Å²) in [6.07, 6.45) is 2.99. The number of nitrogens with zero attached hydrogens (tertiary/aromatic N) is 7. The van der Waals surface area contributed by atoms with E-state index in [-0.39, 0.29) is 24.5 Å². The second-order valence-corrected chi connectivity index (χ2v) is 12.5. The van der Waals surface area contributed by atoms with Gasteiger partial charge in [0.1, 0.15) is 11.9 Å². The first-order chi connectivity index (χ1) is 20.0. The summed E-state index contributed by atoms with van der Waals surface area (Å²) >= 11 is 0. The number of anilines is 2. The summed E-state index contributed by atoms with van der Waals surface area (Å²) in [6.45, 7) is 20.5. The largest absolute Gasteiger partial charge is 0.463 e. The van der Waals surface area contributed by atoms with Gasteiger partial charge in [0.05, 0.1) is 18.8 Å². The molecule has 3 aliphatic rings. The van der Waals surface area contributed by atoms with Crippen LogP contribution in [-0.2, 0) is 17.8 Å². The normalized spacial score (nSPS) is 21.1. The highest BCUT2D eigenvalue weighted by Gasteiger charge is 2.44. The lowest BCUT2D eigenvalue weighted by Crippen LogP contribution is -2.57. The van der Waals surface area contributed by atoms with Gasteiger partial charge in [0.15, 0.2) is 5.83 Å². The smallest absolute Gasteiger partial charge is 0.318 e. The van der Waals surface area contributed by atoms with Crippen LogP contribution in [0.5, 0.6) is 6.01 Å². The number of hydrogen-bond acceptors (Lipinski definition) is 7. The van der Waals surface area contributed by atoms with Gasteiger partial charge in [0.2, 0.25) is 6.54 Å². The van der Waals surface area contributed by atoms with Crippen LogP contribution in [0, 0.1) is 25.8 Å². The van der Waals surface area contributed by atoms with E-state index >= 15 is 0 Å². The number of amides is 1. The number of aromatic nitrogens is 2. The third kappa shape index (κ3) is 6.07. The molecule has 1 aromatic carbocycles. The minimum Gasteiger partial charge on any atom is -0.463 e. The molecule has 10 heteroatoms. The highest BCUT2D eigenvalue weighted by atomic mass is 19.1. The van der Waals surface area contributed by atoms with Crippen molar-refractivity contribution in [1.29, 1.82) is 0 Å². The molecule has 1 saturated carbocycles. The van der Waals surface area contributed by atoms with Crippen molar-refractivity contribution in [1.82, 2.24) is 19.8 Å². The molecule has 2 fully saturated rings. The van der Waals surface area contributed by atoms with Crippen LogP contribution in [0.3, 0.4) is 0 Å². The number of halogens is 1. The molecule has 0 unspecified atom stereocenters. The van der Waals surface area contributed by atoms with Gasteiger partial charge in [-0.25, -0.2) is 11.0 Å². The molecule has 1 aliphatic carbocycles. The fourth-order valence-electron chi connectivity index (χ4n) is 6.40. The zero-order valence-electron chi connectivity index (χ0n) is 25.5. The van der Waals surface area contributed by atoms with Crippen LogP contribution in [0.25, 0.3) is 4.85 Å². The summed E-state index contributed by atoms with van der Waals surface area (Å²) < 4.78 is 20.1. The van der Waals surface area contributed by atoms with E-state index in [4.69, 9.17) is 21.3 Å². The zero-order chi connectivity index (χ0) is 30.2. The molecule has 0 spiro atoms. The minimum atomic E-state index is -0.999. The lowest BCUT2D eigenvalue weighted by molar-refractivity contribution is -0.131. The molecule has 2 aliphatic heterocycles. The van der Waals surface area contributed by atoms with E-state index in [1.807, 2.05) is 0 Å². The third-order valence-electron chi connectivity index (χ3n) is 8.98. The Hall–Kier alpha value is -3.71. The SMILES string of the molecule is [C-]#[N+]C[C@H]1CN(c2nc(OCC3(CN(C)C)CC3)nc3c2C[C@H](C)N(c2cccc(C)c2C)C3)CCN1C(=O)C(=C)F. The summed E-state index contributed by atoms with van der Waals surface area (Å²) in [5.41, 5.74) is 5.85. The first kappa shape index (κ1) is 29.8. The standard InChI is InChI=1S/C32H42FN7O2/c1-21-9-8-10-28(23(21)3)40-18-27-26(15-22(40)2)29(36-31(35-27)42-20-32(11-12-32)19-37(6)7)38-13-14-39(30(41)24(4)33)25(17-38)16-34-5/h8-10,22,25H,4,11-20H2,1-3,6-7H3/t22-,25-/m0/s1. The number of aryl methyl sites for hydroxylation is 1. The molecule has 224 valence electrons. The van der Waals surface area contributed by atoms with Crippen molar-refractivity contribution in [2.45, 2.75) is 58.7 Å². The maximum atomic E-state index is 13.8. The number of fused-ring (bicyclic) bond motifs is 1. The number of carbonyl (C=O) groups excluding carboxylic acids is 1. The summed E-state index contributed by atoms with van der Waals surface area (Å²) in [5.74, 6) is -0.952. The quantitative estimate of drug-likeness (QED) is 0.328. The molecule has 2 aromatic rings. The Kier molecular flexibility index (Phi) is 8.42. The highest BCUT2D eigenvalue weighted by Crippen LogP contribution is 2.46. The summed E-state index contributed by atoms with van der Waals surface area (Å²) in [6, 6.07) is 6.51. The van der Waals surface area contributed by atoms with E-state index in [9.17, 15) is 9.18 Å². The molecule has 42 heavy (non-hydrogen) atoms. The average molecular weight is 576 g/mol. The highest BCUT2D eigenvalue weighted by molar-refractivity contribution is 5.91. The first-order valence-corrected chi connectivity index (χ1v) is 14.8. The Labute approximate surface area is 248 Å². The van der Waals surface area contributed by atoms with Crippen LogP contribution in [0.2, 0.25) is 0 Å². The molecule has 0 radical (unpaired) electrons. The fraction of sp³-hybridized carbons (Fsp3) is 0.562. The van der Waals surface area contributed by atoms with E-state index in [2.05, 4.69) is 79.2 Å². The van der Waals surface area contributed by atoms with Crippen LogP contribution >= 0.6 is 0 Å². The third-order valence-corrected chi connectivity index (χ3v) is 8.98. The Morgan fingerprint density at radius 1 is 1.26 bits per heavy atom. The van der Waals surface area contributed by atoms with Crippen molar-refractivity contribution in [3.63, 3.8) is 0 Å². The summed E-state index contributed by atoms with van der Waals surface area (Å²) in [4.78, 5) is 34.2. The van der Waals surface area contributed by atoms with E-state index in [0.29, 0.717) is 32.3 Å². The Morgan fingerprint density at radius 2 is 2.02 bits per heavy atom. The first-order valence-electron chi connectivity index (χ1n) is 14.8.